The number of aryl methyl sites for hydroxylation is 2. The third-order valence-electron chi connectivity index (χ3n) is 4.76. The highest BCUT2D eigenvalue weighted by molar-refractivity contribution is 9.10. The molecule has 0 aliphatic carbocycles. The number of thioether (sulfide) groups is 1. The molecule has 1 N–H and O–H groups in total. The van der Waals surface area contributed by atoms with Gasteiger partial charge in [0.2, 0.25) is 0 Å². The Bertz CT molecular complexity index is 1140. The minimum absolute atomic E-state index is 0.116. The molecule has 2 heterocycles. The number of hydrogen-bond acceptors (Lipinski definition) is 3. The number of hydrogen-bond donors (Lipinski definition) is 1. The van der Waals surface area contributed by atoms with Crippen LogP contribution in [0.4, 0.5) is 5.69 Å². The van der Waals surface area contributed by atoms with Crippen LogP contribution in [0.2, 0.25) is 0 Å². The van der Waals surface area contributed by atoms with Crippen LogP contribution in [0.5, 0.6) is 0 Å². The summed E-state index contributed by atoms with van der Waals surface area (Å²) in [7, 11) is 0. The van der Waals surface area contributed by atoms with E-state index in [1.165, 1.54) is 17.3 Å². The normalized spacial score (nSPS) is 16.6. The predicted octanol–water partition coefficient (Wildman–Crippen LogP) is 6.06. The molecule has 3 aromatic rings. The number of nitrogens with one attached hydrogen (secondary N) is 1. The van der Waals surface area contributed by atoms with Crippen molar-refractivity contribution in [2.24, 2.45) is 4.99 Å². The van der Waals surface area contributed by atoms with E-state index < -0.39 is 0 Å². The van der Waals surface area contributed by atoms with Gasteiger partial charge in [-0.3, -0.25) is 4.79 Å². The fourth-order valence-electron chi connectivity index (χ4n) is 3.28. The quantitative estimate of drug-likeness (QED) is 0.478. The molecule has 1 aliphatic rings. The minimum Gasteiger partial charge on any atom is -0.318 e. The van der Waals surface area contributed by atoms with Crippen molar-refractivity contribution in [2.75, 3.05) is 0 Å². The van der Waals surface area contributed by atoms with Crippen LogP contribution in [0.1, 0.15) is 22.5 Å². The molecule has 0 bridgehead atoms. The molecule has 0 atom stereocenters. The molecule has 1 amide bonds. The number of aromatic nitrogens is 1. The number of amidine groups is 1. The summed E-state index contributed by atoms with van der Waals surface area (Å²) in [5.74, 6) is -0.116. The molecule has 1 saturated heterocycles. The second-order valence-corrected chi connectivity index (χ2v) is 8.90. The Morgan fingerprint density at radius 2 is 1.72 bits per heavy atom. The Kier molecular flexibility index (Phi) is 5.48. The summed E-state index contributed by atoms with van der Waals surface area (Å²) in [6.07, 6.45) is 1.94. The number of carbonyl (C=O) groups excluding carboxylic acids is 1. The molecule has 4 rings (SSSR count). The molecular formula is C23H20BrN3OS. The van der Waals surface area contributed by atoms with Crippen molar-refractivity contribution in [3.8, 4) is 5.69 Å². The second kappa shape index (κ2) is 8.05. The van der Waals surface area contributed by atoms with Gasteiger partial charge < -0.3 is 9.88 Å². The van der Waals surface area contributed by atoms with Crippen LogP contribution in [-0.4, -0.2) is 15.6 Å². The maximum absolute atomic E-state index is 12.5. The zero-order valence-corrected chi connectivity index (χ0v) is 18.8. The highest BCUT2D eigenvalue weighted by Crippen LogP contribution is 2.30. The maximum Gasteiger partial charge on any atom is 0.264 e. The monoisotopic (exact) mass is 465 g/mol. The number of nitrogens with zero attached hydrogens (tertiary/aromatic N) is 2. The van der Waals surface area contributed by atoms with Crippen molar-refractivity contribution in [1.82, 2.24) is 9.88 Å². The van der Waals surface area contributed by atoms with E-state index in [4.69, 9.17) is 0 Å². The second-order valence-electron chi connectivity index (χ2n) is 6.96. The summed E-state index contributed by atoms with van der Waals surface area (Å²) >= 11 is 4.85. The molecule has 0 spiro atoms. The molecule has 2 aromatic carbocycles. The van der Waals surface area contributed by atoms with Gasteiger partial charge in [-0.2, -0.15) is 0 Å². The van der Waals surface area contributed by atoms with Gasteiger partial charge in [0.1, 0.15) is 0 Å². The number of benzene rings is 2. The van der Waals surface area contributed by atoms with E-state index in [1.54, 1.807) is 0 Å². The third kappa shape index (κ3) is 4.23. The summed E-state index contributed by atoms with van der Waals surface area (Å²) in [4.78, 5) is 17.6. The first-order valence-corrected chi connectivity index (χ1v) is 10.8. The van der Waals surface area contributed by atoms with E-state index in [0.29, 0.717) is 10.1 Å². The fraction of sp³-hybridized carbons (Fsp3) is 0.130. The number of amides is 1. The van der Waals surface area contributed by atoms with Crippen LogP contribution in [0.15, 0.2) is 69.0 Å². The molecule has 6 heteroatoms. The average Bonchev–Trinajstić information content (AvgIpc) is 3.17. The minimum atomic E-state index is -0.116. The highest BCUT2D eigenvalue weighted by atomic mass is 79.9. The van der Waals surface area contributed by atoms with E-state index in [9.17, 15) is 4.79 Å². The van der Waals surface area contributed by atoms with Gasteiger partial charge in [0.05, 0.1) is 10.6 Å². The van der Waals surface area contributed by atoms with Gasteiger partial charge in [-0.15, -0.1) is 0 Å². The molecular weight excluding hydrogens is 446 g/mol. The highest BCUT2D eigenvalue weighted by Gasteiger charge is 2.24. The zero-order valence-electron chi connectivity index (χ0n) is 16.4. The van der Waals surface area contributed by atoms with Crippen molar-refractivity contribution in [1.29, 1.82) is 0 Å². The van der Waals surface area contributed by atoms with E-state index >= 15 is 0 Å². The Balaban J connectivity index is 1.63. The Morgan fingerprint density at radius 1 is 1.03 bits per heavy atom. The van der Waals surface area contributed by atoms with Crippen LogP contribution in [0, 0.1) is 20.8 Å². The summed E-state index contributed by atoms with van der Waals surface area (Å²) in [5.41, 5.74) is 6.34. The lowest BCUT2D eigenvalue weighted by Gasteiger charge is -2.09. The number of aliphatic imine (C=N–C) groups is 1. The summed E-state index contributed by atoms with van der Waals surface area (Å²) in [6, 6.07) is 18.2. The molecule has 4 nitrogen and oxygen atoms in total. The fourth-order valence-corrected chi connectivity index (χ4v) is 4.38. The Labute approximate surface area is 182 Å². The van der Waals surface area contributed by atoms with Crippen molar-refractivity contribution < 1.29 is 4.79 Å². The number of rotatable bonds is 3. The lowest BCUT2D eigenvalue weighted by Crippen LogP contribution is -2.19. The summed E-state index contributed by atoms with van der Waals surface area (Å²) in [6.45, 7) is 6.18. The molecule has 0 saturated carbocycles. The van der Waals surface area contributed by atoms with Crippen LogP contribution in [-0.2, 0) is 4.79 Å². The van der Waals surface area contributed by atoms with Gasteiger partial charge in [0.25, 0.3) is 5.91 Å². The number of carbonyl (C=O) groups is 1. The Morgan fingerprint density at radius 3 is 2.41 bits per heavy atom. The number of halogens is 1. The van der Waals surface area contributed by atoms with Gasteiger partial charge in [-0.05, 0) is 86.6 Å². The van der Waals surface area contributed by atoms with Gasteiger partial charge >= 0.3 is 0 Å². The van der Waals surface area contributed by atoms with Gasteiger partial charge in [-0.25, -0.2) is 4.99 Å². The van der Waals surface area contributed by atoms with Gasteiger partial charge in [0, 0.05) is 21.5 Å². The predicted molar refractivity (Wildman–Crippen MR) is 125 cm³/mol. The van der Waals surface area contributed by atoms with Crippen molar-refractivity contribution in [2.45, 2.75) is 20.8 Å². The molecule has 146 valence electrons. The topological polar surface area (TPSA) is 46.4 Å². The smallest absolute Gasteiger partial charge is 0.264 e. The van der Waals surface area contributed by atoms with Crippen LogP contribution in [0.3, 0.4) is 0 Å². The molecule has 1 fully saturated rings. The van der Waals surface area contributed by atoms with E-state index in [2.05, 4.69) is 62.9 Å². The van der Waals surface area contributed by atoms with E-state index in [0.717, 1.165) is 32.8 Å². The van der Waals surface area contributed by atoms with Crippen LogP contribution in [0.25, 0.3) is 11.8 Å². The largest absolute Gasteiger partial charge is 0.318 e. The zero-order chi connectivity index (χ0) is 20.5. The van der Waals surface area contributed by atoms with E-state index in [1.807, 2.05) is 49.4 Å². The molecule has 29 heavy (non-hydrogen) atoms. The van der Waals surface area contributed by atoms with Gasteiger partial charge in [0.15, 0.2) is 5.17 Å². The van der Waals surface area contributed by atoms with Crippen LogP contribution >= 0.6 is 27.7 Å². The van der Waals surface area contributed by atoms with E-state index in [-0.39, 0.29) is 5.91 Å². The Hall–Kier alpha value is -2.57. The maximum atomic E-state index is 12.5. The third-order valence-corrected chi connectivity index (χ3v) is 6.20. The van der Waals surface area contributed by atoms with Gasteiger partial charge in [-0.1, -0.05) is 33.6 Å². The molecule has 1 aliphatic heterocycles. The first kappa shape index (κ1) is 19.7. The standard InChI is InChI=1S/C23H20BrN3OS/c1-14-4-8-19(9-5-14)25-23-26-22(28)21(29-23)13-17-12-15(2)27(16(17)3)20-10-6-18(24)7-11-20/h4-13H,1-3H3,(H,25,26,28)/b21-13-. The molecule has 0 unspecified atom stereocenters. The molecule has 0 radical (unpaired) electrons. The van der Waals surface area contributed by atoms with Crippen molar-refractivity contribution >= 4 is 50.5 Å². The SMILES string of the molecule is Cc1ccc(N=C2NC(=O)/C(=C/c3cc(C)n(-c4ccc(Br)cc4)c3C)S2)cc1. The van der Waals surface area contributed by atoms with Crippen LogP contribution < -0.4 is 5.32 Å². The van der Waals surface area contributed by atoms with Crippen molar-refractivity contribution in [3.05, 3.63) is 86.5 Å². The summed E-state index contributed by atoms with van der Waals surface area (Å²) in [5, 5.41) is 3.46. The average molecular weight is 466 g/mol. The lowest BCUT2D eigenvalue weighted by atomic mass is 10.2. The first-order valence-electron chi connectivity index (χ1n) is 9.22. The molecule has 1 aromatic heterocycles. The summed E-state index contributed by atoms with van der Waals surface area (Å²) < 4.78 is 3.24. The first-order chi connectivity index (χ1) is 13.9. The van der Waals surface area contributed by atoms with Crippen molar-refractivity contribution in [3.63, 3.8) is 0 Å². The lowest BCUT2D eigenvalue weighted by molar-refractivity contribution is -0.115.